The third-order valence-corrected chi connectivity index (χ3v) is 3.33. The monoisotopic (exact) mass is 286 g/mol. The summed E-state index contributed by atoms with van der Waals surface area (Å²) in [5.74, 6) is 0. The van der Waals surface area contributed by atoms with E-state index < -0.39 is 0 Å². The van der Waals surface area contributed by atoms with Crippen LogP contribution in [0.15, 0.2) is 18.2 Å². The van der Waals surface area contributed by atoms with Crippen molar-refractivity contribution in [3.8, 4) is 0 Å². The molecule has 1 atom stereocenters. The Morgan fingerprint density at radius 2 is 2.05 bits per heavy atom. The summed E-state index contributed by atoms with van der Waals surface area (Å²) in [4.78, 5) is 2.27. The van der Waals surface area contributed by atoms with Gasteiger partial charge in [0.15, 0.2) is 0 Å². The molecule has 0 aliphatic rings. The number of benzene rings is 1. The molecule has 0 spiro atoms. The van der Waals surface area contributed by atoms with E-state index in [0.717, 1.165) is 24.3 Å². The topological polar surface area (TPSA) is 47.7 Å². The summed E-state index contributed by atoms with van der Waals surface area (Å²) in [6, 6.07) is 5.85. The smallest absolute Gasteiger partial charge is 0.0615 e. The number of hydrogen-bond acceptors (Lipinski definition) is 4. The molecular formula is C14H23ClN2O2. The van der Waals surface area contributed by atoms with Gasteiger partial charge in [0.25, 0.3) is 0 Å². The molecule has 5 heteroatoms. The maximum absolute atomic E-state index is 6.02. The summed E-state index contributed by atoms with van der Waals surface area (Å²) in [5.41, 5.74) is 7.79. The maximum Gasteiger partial charge on any atom is 0.0615 e. The lowest BCUT2D eigenvalue weighted by atomic mass is 10.1. The third-order valence-electron chi connectivity index (χ3n) is 3.09. The summed E-state index contributed by atoms with van der Waals surface area (Å²) in [6.45, 7) is 5.03. The minimum absolute atomic E-state index is 0.290. The molecule has 108 valence electrons. The highest BCUT2D eigenvalue weighted by atomic mass is 35.5. The lowest BCUT2D eigenvalue weighted by molar-refractivity contribution is 0.0706. The molecule has 0 bridgehead atoms. The van der Waals surface area contributed by atoms with Crippen LogP contribution in [0.3, 0.4) is 0 Å². The highest BCUT2D eigenvalue weighted by Crippen LogP contribution is 2.20. The fourth-order valence-electron chi connectivity index (χ4n) is 1.94. The number of halogens is 1. The van der Waals surface area contributed by atoms with Gasteiger partial charge in [0.05, 0.1) is 13.2 Å². The van der Waals surface area contributed by atoms with E-state index in [9.17, 15) is 0 Å². The molecule has 0 aliphatic heterocycles. The highest BCUT2D eigenvalue weighted by molar-refractivity contribution is 6.30. The van der Waals surface area contributed by atoms with Crippen LogP contribution in [-0.2, 0) is 16.0 Å². The second kappa shape index (κ2) is 8.38. The van der Waals surface area contributed by atoms with Crippen LogP contribution in [0.5, 0.6) is 0 Å². The summed E-state index contributed by atoms with van der Waals surface area (Å²) >= 11 is 6.02. The number of nitrogens with zero attached hydrogens (tertiary/aromatic N) is 1. The van der Waals surface area contributed by atoms with Crippen molar-refractivity contribution in [1.82, 2.24) is 4.90 Å². The molecule has 1 unspecified atom stereocenters. The van der Waals surface area contributed by atoms with E-state index in [0.29, 0.717) is 24.3 Å². The van der Waals surface area contributed by atoms with Crippen LogP contribution in [0, 0.1) is 0 Å². The lowest BCUT2D eigenvalue weighted by Gasteiger charge is -2.29. The van der Waals surface area contributed by atoms with Gasteiger partial charge in [-0.2, -0.15) is 0 Å². The van der Waals surface area contributed by atoms with Crippen molar-refractivity contribution in [2.75, 3.05) is 39.7 Å². The first kappa shape index (κ1) is 16.2. The Labute approximate surface area is 120 Å². The van der Waals surface area contributed by atoms with Crippen LogP contribution in [0.4, 0.5) is 5.69 Å². The van der Waals surface area contributed by atoms with Crippen molar-refractivity contribution < 1.29 is 9.47 Å². The van der Waals surface area contributed by atoms with Crippen molar-refractivity contribution in [2.24, 2.45) is 0 Å². The van der Waals surface area contributed by atoms with Crippen molar-refractivity contribution in [3.05, 3.63) is 28.8 Å². The molecule has 0 aromatic heterocycles. The van der Waals surface area contributed by atoms with E-state index in [1.54, 1.807) is 20.3 Å². The first-order chi connectivity index (χ1) is 9.08. The second-order valence-electron chi connectivity index (χ2n) is 4.61. The Bertz CT molecular complexity index is 388. The molecular weight excluding hydrogens is 264 g/mol. The van der Waals surface area contributed by atoms with Gasteiger partial charge >= 0.3 is 0 Å². The highest BCUT2D eigenvalue weighted by Gasteiger charge is 2.15. The van der Waals surface area contributed by atoms with Crippen LogP contribution >= 0.6 is 11.6 Å². The Morgan fingerprint density at radius 1 is 1.32 bits per heavy atom. The van der Waals surface area contributed by atoms with Crippen molar-refractivity contribution >= 4 is 17.3 Å². The number of methoxy groups -OCH3 is 2. The number of ether oxygens (including phenoxy) is 2. The molecule has 0 radical (unpaired) electrons. The summed E-state index contributed by atoms with van der Waals surface area (Å²) in [6.07, 6.45) is 0. The van der Waals surface area contributed by atoms with E-state index in [1.165, 1.54) is 0 Å². The van der Waals surface area contributed by atoms with Gasteiger partial charge in [-0.15, -0.1) is 0 Å². The van der Waals surface area contributed by atoms with Gasteiger partial charge < -0.3 is 15.2 Å². The number of hydrogen-bond donors (Lipinski definition) is 1. The molecule has 1 aromatic rings. The van der Waals surface area contributed by atoms with Crippen molar-refractivity contribution in [2.45, 2.75) is 19.5 Å². The van der Waals surface area contributed by atoms with Gasteiger partial charge in [-0.25, -0.2) is 0 Å². The maximum atomic E-state index is 6.02. The minimum atomic E-state index is 0.290. The number of nitrogen functional groups attached to an aromatic ring is 1. The molecule has 0 amide bonds. The number of nitrogens with two attached hydrogens (primary N) is 1. The van der Waals surface area contributed by atoms with Crippen molar-refractivity contribution in [3.63, 3.8) is 0 Å². The lowest BCUT2D eigenvalue weighted by Crippen LogP contribution is -2.38. The van der Waals surface area contributed by atoms with Gasteiger partial charge in [-0.3, -0.25) is 4.90 Å². The van der Waals surface area contributed by atoms with E-state index >= 15 is 0 Å². The normalized spacial score (nSPS) is 12.9. The van der Waals surface area contributed by atoms with Gasteiger partial charge in [0.1, 0.15) is 0 Å². The van der Waals surface area contributed by atoms with E-state index in [2.05, 4.69) is 11.8 Å². The SMILES string of the molecule is COCCN(Cc1cc(Cl)ccc1N)C(C)COC. The van der Waals surface area contributed by atoms with Crippen LogP contribution in [-0.4, -0.2) is 44.9 Å². The molecule has 19 heavy (non-hydrogen) atoms. The summed E-state index contributed by atoms with van der Waals surface area (Å²) in [5, 5.41) is 0.704. The first-order valence-corrected chi connectivity index (χ1v) is 6.72. The van der Waals surface area contributed by atoms with Crippen molar-refractivity contribution in [1.29, 1.82) is 0 Å². The molecule has 1 aromatic carbocycles. The summed E-state index contributed by atoms with van der Waals surface area (Å²) < 4.78 is 10.4. The van der Waals surface area contributed by atoms with Gasteiger partial charge in [0.2, 0.25) is 0 Å². The Balaban J connectivity index is 2.77. The zero-order chi connectivity index (χ0) is 14.3. The molecule has 2 N–H and O–H groups in total. The van der Waals surface area contributed by atoms with Crippen LogP contribution in [0.1, 0.15) is 12.5 Å². The molecule has 4 nitrogen and oxygen atoms in total. The molecule has 0 saturated heterocycles. The van der Waals surface area contributed by atoms with Gasteiger partial charge in [-0.05, 0) is 30.7 Å². The standard InChI is InChI=1S/C14H23ClN2O2/c1-11(10-19-3)17(6-7-18-2)9-12-8-13(15)4-5-14(12)16/h4-5,8,11H,6-7,9-10,16H2,1-3H3. The predicted octanol–water partition coefficient (Wildman–Crippen LogP) is 2.41. The van der Waals surface area contributed by atoms with Crippen LogP contribution in [0.25, 0.3) is 0 Å². The van der Waals surface area contributed by atoms with Gasteiger partial charge in [0, 0.05) is 44.1 Å². The average molecular weight is 287 g/mol. The molecule has 0 saturated carbocycles. The van der Waals surface area contributed by atoms with Crippen LogP contribution < -0.4 is 5.73 Å². The first-order valence-electron chi connectivity index (χ1n) is 6.34. The van der Waals surface area contributed by atoms with E-state index in [4.69, 9.17) is 26.8 Å². The zero-order valence-corrected chi connectivity index (χ0v) is 12.6. The number of rotatable bonds is 8. The van der Waals surface area contributed by atoms with E-state index in [-0.39, 0.29) is 0 Å². The minimum Gasteiger partial charge on any atom is -0.398 e. The Morgan fingerprint density at radius 3 is 2.68 bits per heavy atom. The Hall–Kier alpha value is -0.810. The number of anilines is 1. The largest absolute Gasteiger partial charge is 0.398 e. The average Bonchev–Trinajstić information content (AvgIpc) is 2.38. The quantitative estimate of drug-likeness (QED) is 0.746. The zero-order valence-electron chi connectivity index (χ0n) is 11.9. The Kier molecular flexibility index (Phi) is 7.16. The molecule has 0 heterocycles. The van der Waals surface area contributed by atoms with Gasteiger partial charge in [-0.1, -0.05) is 11.6 Å². The molecule has 0 fully saturated rings. The van der Waals surface area contributed by atoms with E-state index in [1.807, 2.05) is 12.1 Å². The third kappa shape index (κ3) is 5.37. The second-order valence-corrected chi connectivity index (χ2v) is 5.05. The summed E-state index contributed by atoms with van der Waals surface area (Å²) in [7, 11) is 3.41. The molecule has 1 rings (SSSR count). The fourth-order valence-corrected chi connectivity index (χ4v) is 2.14. The van der Waals surface area contributed by atoms with Crippen LogP contribution in [0.2, 0.25) is 5.02 Å². The fraction of sp³-hybridized carbons (Fsp3) is 0.571. The predicted molar refractivity (Wildman–Crippen MR) is 79.5 cm³/mol. The molecule has 0 aliphatic carbocycles.